The molecule has 1 aromatic carbocycles. The van der Waals surface area contributed by atoms with E-state index in [2.05, 4.69) is 21.2 Å². The number of carbonyl (C=O) groups excluding carboxylic acids is 2. The maximum atomic E-state index is 12.2. The topological polar surface area (TPSA) is 71.4 Å². The summed E-state index contributed by atoms with van der Waals surface area (Å²) >= 11 is 3.28. The standard InChI is InChI=1S/C17H16BrN3O3/c1-11(22)21-7-6-12-8-14(3-4-15(12)21)19-16(23)10-20-9-13(18)2-5-17(20)24/h2-5,8-9H,6-7,10H2,1H3,(H,19,23). The average molecular weight is 390 g/mol. The zero-order valence-corrected chi connectivity index (χ0v) is 14.7. The number of hydrogen-bond acceptors (Lipinski definition) is 3. The van der Waals surface area contributed by atoms with Gasteiger partial charge in [-0.05, 0) is 52.2 Å². The Morgan fingerprint density at radius 3 is 2.79 bits per heavy atom. The molecule has 0 saturated carbocycles. The largest absolute Gasteiger partial charge is 0.325 e. The third-order valence-electron chi connectivity index (χ3n) is 3.90. The summed E-state index contributed by atoms with van der Waals surface area (Å²) in [4.78, 5) is 37.2. The van der Waals surface area contributed by atoms with E-state index < -0.39 is 0 Å². The van der Waals surface area contributed by atoms with Crippen LogP contribution in [0, 0.1) is 0 Å². The molecular weight excluding hydrogens is 374 g/mol. The van der Waals surface area contributed by atoms with E-state index in [0.717, 1.165) is 22.1 Å². The Labute approximate surface area is 147 Å². The van der Waals surface area contributed by atoms with Gasteiger partial charge < -0.3 is 14.8 Å². The molecule has 2 aromatic rings. The fourth-order valence-corrected chi connectivity index (χ4v) is 3.17. The Kier molecular flexibility index (Phi) is 4.53. The van der Waals surface area contributed by atoms with Gasteiger partial charge in [-0.3, -0.25) is 14.4 Å². The van der Waals surface area contributed by atoms with Crippen LogP contribution in [0.2, 0.25) is 0 Å². The van der Waals surface area contributed by atoms with Crippen molar-refractivity contribution in [3.63, 3.8) is 0 Å². The van der Waals surface area contributed by atoms with Crippen molar-refractivity contribution in [1.82, 2.24) is 4.57 Å². The Balaban J connectivity index is 1.73. The van der Waals surface area contributed by atoms with Crippen molar-refractivity contribution < 1.29 is 9.59 Å². The Hall–Kier alpha value is -2.41. The highest BCUT2D eigenvalue weighted by Crippen LogP contribution is 2.30. The van der Waals surface area contributed by atoms with Gasteiger partial charge in [0, 0.05) is 41.6 Å². The second kappa shape index (κ2) is 6.60. The van der Waals surface area contributed by atoms with Crippen LogP contribution in [0.15, 0.2) is 45.8 Å². The highest BCUT2D eigenvalue weighted by molar-refractivity contribution is 9.10. The Bertz CT molecular complexity index is 876. The smallest absolute Gasteiger partial charge is 0.251 e. The highest BCUT2D eigenvalue weighted by atomic mass is 79.9. The number of nitrogens with one attached hydrogen (secondary N) is 1. The molecule has 6 nitrogen and oxygen atoms in total. The molecule has 1 aliphatic heterocycles. The summed E-state index contributed by atoms with van der Waals surface area (Å²) < 4.78 is 2.07. The molecule has 0 saturated heterocycles. The van der Waals surface area contributed by atoms with E-state index in [1.165, 1.54) is 10.6 Å². The van der Waals surface area contributed by atoms with Gasteiger partial charge in [0.2, 0.25) is 11.8 Å². The van der Waals surface area contributed by atoms with Crippen LogP contribution >= 0.6 is 15.9 Å². The van der Waals surface area contributed by atoms with E-state index in [9.17, 15) is 14.4 Å². The molecule has 0 unspecified atom stereocenters. The van der Waals surface area contributed by atoms with Crippen molar-refractivity contribution in [3.8, 4) is 0 Å². The van der Waals surface area contributed by atoms with Crippen LogP contribution in [0.5, 0.6) is 0 Å². The van der Waals surface area contributed by atoms with Crippen molar-refractivity contribution in [2.45, 2.75) is 19.9 Å². The second-order valence-electron chi connectivity index (χ2n) is 5.63. The maximum Gasteiger partial charge on any atom is 0.251 e. The fraction of sp³-hybridized carbons (Fsp3) is 0.235. The third-order valence-corrected chi connectivity index (χ3v) is 4.37. The summed E-state index contributed by atoms with van der Waals surface area (Å²) in [5.41, 5.74) is 2.35. The van der Waals surface area contributed by atoms with Gasteiger partial charge in [0.25, 0.3) is 5.56 Å². The summed E-state index contributed by atoms with van der Waals surface area (Å²) in [7, 11) is 0. The summed E-state index contributed by atoms with van der Waals surface area (Å²) in [6.45, 7) is 2.14. The highest BCUT2D eigenvalue weighted by Gasteiger charge is 2.22. The normalized spacial score (nSPS) is 12.8. The lowest BCUT2D eigenvalue weighted by atomic mass is 10.1. The van der Waals surface area contributed by atoms with Crippen LogP contribution in [-0.2, 0) is 22.6 Å². The molecule has 0 aliphatic carbocycles. The Morgan fingerprint density at radius 2 is 2.04 bits per heavy atom. The molecule has 0 bridgehead atoms. The lowest BCUT2D eigenvalue weighted by molar-refractivity contribution is -0.117. The predicted octanol–water partition coefficient (Wildman–Crippen LogP) is 2.16. The van der Waals surface area contributed by atoms with E-state index in [0.29, 0.717) is 12.2 Å². The number of pyridine rings is 1. The molecule has 1 aliphatic rings. The number of hydrogen-bond donors (Lipinski definition) is 1. The minimum atomic E-state index is -0.281. The van der Waals surface area contributed by atoms with Crippen LogP contribution in [-0.4, -0.2) is 22.9 Å². The van der Waals surface area contributed by atoms with Crippen molar-refractivity contribution >= 4 is 39.1 Å². The van der Waals surface area contributed by atoms with Crippen molar-refractivity contribution in [3.05, 3.63) is 56.9 Å². The quantitative estimate of drug-likeness (QED) is 0.873. The summed E-state index contributed by atoms with van der Waals surface area (Å²) in [5.74, 6) is -0.267. The molecule has 0 radical (unpaired) electrons. The van der Waals surface area contributed by atoms with E-state index in [4.69, 9.17) is 0 Å². The number of aromatic nitrogens is 1. The zero-order chi connectivity index (χ0) is 17.3. The SMILES string of the molecule is CC(=O)N1CCc2cc(NC(=O)Cn3cc(Br)ccc3=O)ccc21. The lowest BCUT2D eigenvalue weighted by Gasteiger charge is -2.15. The molecule has 2 heterocycles. The number of nitrogens with zero attached hydrogens (tertiary/aromatic N) is 2. The molecule has 0 fully saturated rings. The van der Waals surface area contributed by atoms with Crippen LogP contribution in [0.3, 0.4) is 0 Å². The minimum absolute atomic E-state index is 0.0135. The summed E-state index contributed by atoms with van der Waals surface area (Å²) in [6, 6.07) is 8.52. The number of halogens is 1. The zero-order valence-electron chi connectivity index (χ0n) is 13.1. The van der Waals surface area contributed by atoms with Gasteiger partial charge in [-0.1, -0.05) is 0 Å². The van der Waals surface area contributed by atoms with Gasteiger partial charge in [-0.25, -0.2) is 0 Å². The molecule has 0 spiro atoms. The number of rotatable bonds is 3. The molecule has 24 heavy (non-hydrogen) atoms. The van der Waals surface area contributed by atoms with E-state index in [-0.39, 0.29) is 23.9 Å². The third kappa shape index (κ3) is 3.41. The van der Waals surface area contributed by atoms with E-state index in [1.807, 2.05) is 12.1 Å². The van der Waals surface area contributed by atoms with Crippen molar-refractivity contribution in [2.75, 3.05) is 16.8 Å². The van der Waals surface area contributed by atoms with Crippen LogP contribution < -0.4 is 15.8 Å². The second-order valence-corrected chi connectivity index (χ2v) is 6.54. The van der Waals surface area contributed by atoms with Crippen LogP contribution in [0.1, 0.15) is 12.5 Å². The molecule has 1 aromatic heterocycles. The molecule has 0 atom stereocenters. The molecule has 7 heteroatoms. The first kappa shape index (κ1) is 16.4. The number of carbonyl (C=O) groups is 2. The van der Waals surface area contributed by atoms with Crippen LogP contribution in [0.25, 0.3) is 0 Å². The predicted molar refractivity (Wildman–Crippen MR) is 95.2 cm³/mol. The fourth-order valence-electron chi connectivity index (χ4n) is 2.79. The molecule has 3 rings (SSSR count). The van der Waals surface area contributed by atoms with Gasteiger partial charge in [0.15, 0.2) is 0 Å². The monoisotopic (exact) mass is 389 g/mol. The van der Waals surface area contributed by atoms with Gasteiger partial charge in [0.05, 0.1) is 0 Å². The summed E-state index contributed by atoms with van der Waals surface area (Å²) in [5, 5.41) is 2.79. The first-order valence-electron chi connectivity index (χ1n) is 7.51. The molecule has 2 amide bonds. The maximum absolute atomic E-state index is 12.2. The number of amides is 2. The van der Waals surface area contributed by atoms with Gasteiger partial charge >= 0.3 is 0 Å². The number of benzene rings is 1. The lowest BCUT2D eigenvalue weighted by Crippen LogP contribution is -2.26. The minimum Gasteiger partial charge on any atom is -0.325 e. The van der Waals surface area contributed by atoms with E-state index in [1.54, 1.807) is 30.2 Å². The number of fused-ring (bicyclic) bond motifs is 1. The van der Waals surface area contributed by atoms with E-state index >= 15 is 0 Å². The average Bonchev–Trinajstić information content (AvgIpc) is 2.94. The Morgan fingerprint density at radius 1 is 1.25 bits per heavy atom. The molecule has 124 valence electrons. The van der Waals surface area contributed by atoms with Crippen molar-refractivity contribution in [1.29, 1.82) is 0 Å². The first-order valence-corrected chi connectivity index (χ1v) is 8.30. The van der Waals surface area contributed by atoms with Gasteiger partial charge in [0.1, 0.15) is 6.54 Å². The van der Waals surface area contributed by atoms with Crippen LogP contribution in [0.4, 0.5) is 11.4 Å². The molecular formula is C17H16BrN3O3. The summed E-state index contributed by atoms with van der Waals surface area (Å²) in [6.07, 6.45) is 2.35. The first-order chi connectivity index (χ1) is 11.4. The number of anilines is 2. The van der Waals surface area contributed by atoms with Gasteiger partial charge in [-0.15, -0.1) is 0 Å². The van der Waals surface area contributed by atoms with Gasteiger partial charge in [-0.2, -0.15) is 0 Å². The molecule has 1 N–H and O–H groups in total. The van der Waals surface area contributed by atoms with Crippen molar-refractivity contribution in [2.24, 2.45) is 0 Å².